The minimum atomic E-state index is -3.42. The first-order valence-corrected chi connectivity index (χ1v) is 10.7. The molecule has 0 atom stereocenters. The maximum absolute atomic E-state index is 12.5. The summed E-state index contributed by atoms with van der Waals surface area (Å²) in [5, 5.41) is 3.17. The van der Waals surface area contributed by atoms with E-state index in [1.54, 1.807) is 24.3 Å². The number of carbonyl (C=O) groups excluding carboxylic acids is 1. The third kappa shape index (κ3) is 3.96. The van der Waals surface area contributed by atoms with Crippen molar-refractivity contribution in [2.24, 2.45) is 0 Å². The van der Waals surface area contributed by atoms with Gasteiger partial charge in [-0.05, 0) is 18.2 Å². The number of anilines is 2. The Morgan fingerprint density at radius 3 is 2.63 bits per heavy atom. The Bertz CT molecular complexity index is 1100. The van der Waals surface area contributed by atoms with E-state index < -0.39 is 10.0 Å². The molecule has 0 fully saturated rings. The van der Waals surface area contributed by atoms with Crippen molar-refractivity contribution < 1.29 is 22.7 Å². The van der Waals surface area contributed by atoms with Gasteiger partial charge in [0.2, 0.25) is 10.0 Å². The second kappa shape index (κ2) is 6.71. The highest BCUT2D eigenvalue weighted by Crippen LogP contribution is 2.37. The summed E-state index contributed by atoms with van der Waals surface area (Å²) in [6.07, 6.45) is 1.05. The van der Waals surface area contributed by atoms with E-state index in [1.807, 2.05) is 6.07 Å². The van der Waals surface area contributed by atoms with E-state index >= 15 is 0 Å². The van der Waals surface area contributed by atoms with Crippen LogP contribution in [-0.4, -0.2) is 38.8 Å². The molecule has 0 saturated heterocycles. The molecule has 2 aromatic carbocycles. The molecule has 0 saturated carbocycles. The van der Waals surface area contributed by atoms with Crippen molar-refractivity contribution in [2.45, 2.75) is 0 Å². The molecule has 8 nitrogen and oxygen atoms in total. The number of hydrogen-bond donors (Lipinski definition) is 2. The fourth-order valence-corrected chi connectivity index (χ4v) is 4.05. The van der Waals surface area contributed by atoms with E-state index in [0.29, 0.717) is 46.6 Å². The summed E-state index contributed by atoms with van der Waals surface area (Å²) in [5.41, 5.74) is 1.33. The van der Waals surface area contributed by atoms with Crippen LogP contribution in [0.3, 0.4) is 0 Å². The lowest BCUT2D eigenvalue weighted by atomic mass is 10.2. The molecule has 0 bridgehead atoms. The number of fused-ring (bicyclic) bond motifs is 2. The van der Waals surface area contributed by atoms with E-state index in [2.05, 4.69) is 15.0 Å². The first-order chi connectivity index (χ1) is 12.9. The topological polar surface area (TPSA) is 107 Å². The van der Waals surface area contributed by atoms with Gasteiger partial charge in [-0.25, -0.2) is 13.4 Å². The van der Waals surface area contributed by atoms with Gasteiger partial charge in [-0.1, -0.05) is 17.4 Å². The maximum atomic E-state index is 12.5. The molecule has 0 spiro atoms. The van der Waals surface area contributed by atoms with Gasteiger partial charge in [0, 0.05) is 23.4 Å². The number of hydrogen-bond acceptors (Lipinski definition) is 7. The van der Waals surface area contributed by atoms with Crippen LogP contribution in [0.1, 0.15) is 10.4 Å². The smallest absolute Gasteiger partial charge is 0.257 e. The zero-order valence-corrected chi connectivity index (χ0v) is 15.8. The standard InChI is InChI=1S/C17H15N3O5S2/c1-27(22,23)20-11-4-2-3-10(7-11)16(21)19-17-18-12-8-13-14(9-15(12)26-17)25-6-5-24-13/h2-4,7-9,20H,5-6H2,1H3,(H,18,19,21). The first kappa shape index (κ1) is 17.6. The van der Waals surface area contributed by atoms with Crippen LogP contribution >= 0.6 is 11.3 Å². The van der Waals surface area contributed by atoms with Crippen LogP contribution in [0.5, 0.6) is 11.5 Å². The number of carbonyl (C=O) groups is 1. The minimum absolute atomic E-state index is 0.314. The average molecular weight is 405 g/mol. The molecule has 0 aliphatic carbocycles. The maximum Gasteiger partial charge on any atom is 0.257 e. The highest BCUT2D eigenvalue weighted by molar-refractivity contribution is 7.92. The van der Waals surface area contributed by atoms with Crippen LogP contribution in [0, 0.1) is 0 Å². The second-order valence-electron chi connectivity index (χ2n) is 5.89. The van der Waals surface area contributed by atoms with E-state index in [1.165, 1.54) is 17.4 Å². The van der Waals surface area contributed by atoms with Crippen molar-refractivity contribution in [3.05, 3.63) is 42.0 Å². The number of benzene rings is 2. The summed E-state index contributed by atoms with van der Waals surface area (Å²) >= 11 is 1.32. The van der Waals surface area contributed by atoms with Crippen LogP contribution < -0.4 is 19.5 Å². The van der Waals surface area contributed by atoms with Crippen molar-refractivity contribution in [3.63, 3.8) is 0 Å². The van der Waals surface area contributed by atoms with E-state index in [-0.39, 0.29) is 5.91 Å². The molecule has 1 amide bonds. The third-order valence-corrected chi connectivity index (χ3v) is 5.24. The van der Waals surface area contributed by atoms with Crippen LogP contribution in [-0.2, 0) is 10.0 Å². The predicted octanol–water partition coefficient (Wildman–Crippen LogP) is 2.69. The Kier molecular flexibility index (Phi) is 4.36. The zero-order valence-electron chi connectivity index (χ0n) is 14.2. The van der Waals surface area contributed by atoms with Crippen molar-refractivity contribution in [3.8, 4) is 11.5 Å². The SMILES string of the molecule is CS(=O)(=O)Nc1cccc(C(=O)Nc2nc3cc4c(cc3s2)OCCO4)c1. The second-order valence-corrected chi connectivity index (χ2v) is 8.67. The summed E-state index contributed by atoms with van der Waals surface area (Å²) in [4.78, 5) is 16.9. The first-order valence-electron chi connectivity index (χ1n) is 7.97. The quantitative estimate of drug-likeness (QED) is 0.691. The monoisotopic (exact) mass is 405 g/mol. The molecule has 2 N–H and O–H groups in total. The number of aromatic nitrogens is 1. The number of nitrogens with one attached hydrogen (secondary N) is 2. The Morgan fingerprint density at radius 1 is 1.15 bits per heavy atom. The van der Waals surface area contributed by atoms with Crippen molar-refractivity contribution in [1.82, 2.24) is 4.98 Å². The van der Waals surface area contributed by atoms with Crippen molar-refractivity contribution >= 4 is 48.3 Å². The molecule has 0 radical (unpaired) electrons. The molecule has 1 aliphatic rings. The van der Waals surface area contributed by atoms with Gasteiger partial charge in [-0.15, -0.1) is 0 Å². The summed E-state index contributed by atoms with van der Waals surface area (Å²) < 4.78 is 37.0. The highest BCUT2D eigenvalue weighted by Gasteiger charge is 2.16. The molecule has 10 heteroatoms. The minimum Gasteiger partial charge on any atom is -0.486 e. The van der Waals surface area contributed by atoms with Gasteiger partial charge in [0.1, 0.15) is 13.2 Å². The number of rotatable bonds is 4. The number of amides is 1. The molecule has 1 aliphatic heterocycles. The van der Waals surface area contributed by atoms with Crippen LogP contribution in [0.15, 0.2) is 36.4 Å². The molecule has 0 unspecified atom stereocenters. The van der Waals surface area contributed by atoms with Gasteiger partial charge in [0.05, 0.1) is 16.5 Å². The van der Waals surface area contributed by atoms with Gasteiger partial charge in [0.15, 0.2) is 16.6 Å². The molecule has 3 aromatic rings. The fourth-order valence-electron chi connectivity index (χ4n) is 2.63. The Labute approximate surface area is 159 Å². The normalized spacial score (nSPS) is 13.4. The third-order valence-electron chi connectivity index (χ3n) is 3.70. The lowest BCUT2D eigenvalue weighted by Crippen LogP contribution is -2.15. The van der Waals surface area contributed by atoms with Gasteiger partial charge in [0.25, 0.3) is 5.91 Å². The van der Waals surface area contributed by atoms with Crippen LogP contribution in [0.2, 0.25) is 0 Å². The lowest BCUT2D eigenvalue weighted by Gasteiger charge is -2.17. The summed E-state index contributed by atoms with van der Waals surface area (Å²) in [5.74, 6) is 0.912. The molecule has 27 heavy (non-hydrogen) atoms. The van der Waals surface area contributed by atoms with Gasteiger partial charge >= 0.3 is 0 Å². The Hall–Kier alpha value is -2.85. The van der Waals surface area contributed by atoms with E-state index in [0.717, 1.165) is 11.0 Å². The Balaban J connectivity index is 1.57. The van der Waals surface area contributed by atoms with Crippen molar-refractivity contribution in [2.75, 3.05) is 29.5 Å². The van der Waals surface area contributed by atoms with E-state index in [9.17, 15) is 13.2 Å². The lowest BCUT2D eigenvalue weighted by molar-refractivity contribution is 0.102. The van der Waals surface area contributed by atoms with E-state index in [4.69, 9.17) is 9.47 Å². The molecule has 4 rings (SSSR count). The van der Waals surface area contributed by atoms with Crippen LogP contribution in [0.4, 0.5) is 10.8 Å². The molecule has 2 heterocycles. The largest absolute Gasteiger partial charge is 0.486 e. The van der Waals surface area contributed by atoms with Gasteiger partial charge in [-0.3, -0.25) is 14.8 Å². The summed E-state index contributed by atoms with van der Waals surface area (Å²) in [7, 11) is -3.42. The summed E-state index contributed by atoms with van der Waals surface area (Å²) in [6.45, 7) is 0.989. The number of nitrogens with zero attached hydrogens (tertiary/aromatic N) is 1. The zero-order chi connectivity index (χ0) is 19.0. The molecular weight excluding hydrogens is 390 g/mol. The number of thiazole rings is 1. The highest BCUT2D eigenvalue weighted by atomic mass is 32.2. The summed E-state index contributed by atoms with van der Waals surface area (Å²) in [6, 6.07) is 9.85. The van der Waals surface area contributed by atoms with Crippen LogP contribution in [0.25, 0.3) is 10.2 Å². The number of ether oxygens (including phenoxy) is 2. The van der Waals surface area contributed by atoms with Crippen molar-refractivity contribution in [1.29, 1.82) is 0 Å². The fraction of sp³-hybridized carbons (Fsp3) is 0.176. The molecular formula is C17H15N3O5S2. The van der Waals surface area contributed by atoms with Gasteiger partial charge < -0.3 is 9.47 Å². The Morgan fingerprint density at radius 2 is 1.89 bits per heavy atom. The predicted molar refractivity (Wildman–Crippen MR) is 103 cm³/mol. The molecule has 140 valence electrons. The molecule has 1 aromatic heterocycles. The van der Waals surface area contributed by atoms with Gasteiger partial charge in [-0.2, -0.15) is 0 Å². The number of sulfonamides is 1. The average Bonchev–Trinajstić information content (AvgIpc) is 2.99.